The molecule has 1 aromatic rings. The van der Waals surface area contributed by atoms with E-state index >= 15 is 0 Å². The van der Waals surface area contributed by atoms with Crippen molar-refractivity contribution in [2.75, 3.05) is 19.8 Å². The fourth-order valence-corrected chi connectivity index (χ4v) is 2.37. The average Bonchev–Trinajstić information content (AvgIpc) is 2.45. The number of rotatable bonds is 3. The molecule has 8 heteroatoms. The summed E-state index contributed by atoms with van der Waals surface area (Å²) in [5.41, 5.74) is 2.00. The number of carbonyl (C=O) groups is 1. The first-order valence-electron chi connectivity index (χ1n) is 6.61. The Labute approximate surface area is 129 Å². The second-order valence-corrected chi connectivity index (χ2v) is 6.02. The van der Waals surface area contributed by atoms with Gasteiger partial charge in [-0.05, 0) is 18.6 Å². The van der Waals surface area contributed by atoms with Crippen molar-refractivity contribution in [3.05, 3.63) is 41.5 Å². The molecule has 0 radical (unpaired) electrons. The first kappa shape index (κ1) is 16.3. The summed E-state index contributed by atoms with van der Waals surface area (Å²) in [7, 11) is -4.07. The van der Waals surface area contributed by atoms with Crippen LogP contribution in [0.1, 0.15) is 11.1 Å². The van der Waals surface area contributed by atoms with Gasteiger partial charge in [0.1, 0.15) is 6.61 Å². The zero-order valence-electron chi connectivity index (χ0n) is 12.1. The van der Waals surface area contributed by atoms with Gasteiger partial charge in [-0.3, -0.25) is 9.69 Å². The van der Waals surface area contributed by atoms with Crippen molar-refractivity contribution >= 4 is 28.0 Å². The first-order chi connectivity index (χ1) is 10.3. The number of hydrogen-bond acceptors (Lipinski definition) is 4. The number of hydrogen-bond donors (Lipinski definition) is 1. The number of aryl methyl sites for hydroxylation is 1. The van der Waals surface area contributed by atoms with E-state index in [0.717, 1.165) is 11.1 Å². The number of nitrogens with two attached hydrogens (primary N) is 1. The van der Waals surface area contributed by atoms with E-state index in [4.69, 9.17) is 9.88 Å². The lowest BCUT2D eigenvalue weighted by atomic mass is 10.1. The summed E-state index contributed by atoms with van der Waals surface area (Å²) in [6, 6.07) is 7.65. The second-order valence-electron chi connectivity index (χ2n) is 4.81. The molecule has 7 nitrogen and oxygen atoms in total. The molecule has 0 atom stereocenters. The summed E-state index contributed by atoms with van der Waals surface area (Å²) in [5.74, 6) is -0.376. The third-order valence-corrected chi connectivity index (χ3v) is 3.46. The van der Waals surface area contributed by atoms with Crippen LogP contribution in [0.3, 0.4) is 0 Å². The topological polar surface area (TPSA) is 102 Å². The van der Waals surface area contributed by atoms with Crippen LogP contribution in [0, 0.1) is 6.92 Å². The Morgan fingerprint density at radius 1 is 1.36 bits per heavy atom. The highest BCUT2D eigenvalue weighted by molar-refractivity contribution is 7.88. The van der Waals surface area contributed by atoms with Gasteiger partial charge in [-0.2, -0.15) is 8.42 Å². The van der Waals surface area contributed by atoms with Crippen molar-refractivity contribution in [3.8, 4) is 0 Å². The largest absolute Gasteiger partial charge is 0.372 e. The minimum absolute atomic E-state index is 0.00712. The van der Waals surface area contributed by atoms with E-state index in [1.165, 1.54) is 11.0 Å². The van der Waals surface area contributed by atoms with Crippen LogP contribution in [0.25, 0.3) is 6.08 Å². The van der Waals surface area contributed by atoms with Crippen molar-refractivity contribution in [3.63, 3.8) is 0 Å². The van der Waals surface area contributed by atoms with Crippen LogP contribution in [0.4, 0.5) is 0 Å². The van der Waals surface area contributed by atoms with Gasteiger partial charge in [0.25, 0.3) is 5.91 Å². The molecular weight excluding hydrogens is 306 g/mol. The molecule has 0 bridgehead atoms. The van der Waals surface area contributed by atoms with Gasteiger partial charge in [0, 0.05) is 6.08 Å². The molecule has 0 aliphatic carbocycles. The third-order valence-electron chi connectivity index (χ3n) is 3.00. The molecule has 0 saturated carbocycles. The molecule has 0 unspecified atom stereocenters. The maximum Gasteiger partial charge on any atom is 0.318 e. The van der Waals surface area contributed by atoms with Crippen LogP contribution in [0.15, 0.2) is 34.7 Å². The zero-order valence-corrected chi connectivity index (χ0v) is 12.9. The van der Waals surface area contributed by atoms with Crippen molar-refractivity contribution in [2.45, 2.75) is 6.92 Å². The number of benzene rings is 1. The summed E-state index contributed by atoms with van der Waals surface area (Å²) in [4.78, 5) is 13.5. The highest BCUT2D eigenvalue weighted by atomic mass is 32.2. The molecule has 0 spiro atoms. The van der Waals surface area contributed by atoms with Crippen molar-refractivity contribution in [1.29, 1.82) is 0 Å². The van der Waals surface area contributed by atoms with Crippen LogP contribution in [-0.2, 0) is 19.7 Å². The zero-order chi connectivity index (χ0) is 16.2. The lowest BCUT2D eigenvalue weighted by molar-refractivity contribution is -0.123. The van der Waals surface area contributed by atoms with E-state index < -0.39 is 10.2 Å². The summed E-state index contributed by atoms with van der Waals surface area (Å²) < 4.78 is 30.6. The van der Waals surface area contributed by atoms with Crippen molar-refractivity contribution in [2.24, 2.45) is 9.54 Å². The summed E-state index contributed by atoms with van der Waals surface area (Å²) in [6.45, 7) is 2.45. The van der Waals surface area contributed by atoms with Crippen molar-refractivity contribution < 1.29 is 17.9 Å². The van der Waals surface area contributed by atoms with E-state index in [1.54, 1.807) is 6.08 Å². The Hall–Kier alpha value is -2.03. The highest BCUT2D eigenvalue weighted by Crippen LogP contribution is 2.08. The molecule has 1 amide bonds. The smallest absolute Gasteiger partial charge is 0.318 e. The molecule has 1 saturated heterocycles. The number of amidine groups is 1. The summed E-state index contributed by atoms with van der Waals surface area (Å²) in [5, 5.41) is 4.88. The monoisotopic (exact) mass is 323 g/mol. The van der Waals surface area contributed by atoms with E-state index in [2.05, 4.69) is 4.40 Å². The van der Waals surface area contributed by atoms with E-state index in [0.29, 0.717) is 6.61 Å². The normalized spacial score (nSPS) is 18.1. The van der Waals surface area contributed by atoms with E-state index in [9.17, 15) is 13.2 Å². The predicted octanol–water partition coefficient (Wildman–Crippen LogP) is 0.469. The molecule has 118 valence electrons. The lowest BCUT2D eigenvalue weighted by Crippen LogP contribution is -2.45. The van der Waals surface area contributed by atoms with Gasteiger partial charge in [-0.1, -0.05) is 29.8 Å². The highest BCUT2D eigenvalue weighted by Gasteiger charge is 2.23. The third kappa shape index (κ3) is 4.76. The van der Waals surface area contributed by atoms with Crippen LogP contribution in [-0.4, -0.2) is 44.8 Å². The van der Waals surface area contributed by atoms with Crippen molar-refractivity contribution in [1.82, 2.24) is 4.90 Å². The number of amides is 1. The van der Waals surface area contributed by atoms with E-state index in [1.807, 2.05) is 31.2 Å². The van der Waals surface area contributed by atoms with Gasteiger partial charge in [0.2, 0.25) is 0 Å². The van der Waals surface area contributed by atoms with Crippen LogP contribution >= 0.6 is 0 Å². The molecule has 1 aliphatic heterocycles. The number of ether oxygens (including phenoxy) is 1. The van der Waals surface area contributed by atoms with Gasteiger partial charge in [-0.25, -0.2) is 5.14 Å². The summed E-state index contributed by atoms with van der Waals surface area (Å²) in [6.07, 6.45) is 3.03. The summed E-state index contributed by atoms with van der Waals surface area (Å²) >= 11 is 0. The van der Waals surface area contributed by atoms with E-state index in [-0.39, 0.29) is 24.9 Å². The molecule has 22 heavy (non-hydrogen) atoms. The first-order valence-corrected chi connectivity index (χ1v) is 8.11. The maximum absolute atomic E-state index is 12.2. The molecule has 1 fully saturated rings. The standard InChI is InChI=1S/C14H17N3O4S/c1-11-2-4-12(5-3-11)6-7-14(18)17-8-9-21-10-13(17)16-22(15,19)20/h2-7H,8-10H2,1H3,(H2,15,19,20)/b7-6+,16-13+. The Morgan fingerprint density at radius 2 is 2.05 bits per heavy atom. The van der Waals surface area contributed by atoms with Gasteiger partial charge < -0.3 is 4.74 Å². The molecule has 2 rings (SSSR count). The Balaban J connectivity index is 2.16. The number of nitrogens with zero attached hydrogens (tertiary/aromatic N) is 2. The Kier molecular flexibility index (Phi) is 5.07. The second kappa shape index (κ2) is 6.82. The predicted molar refractivity (Wildman–Crippen MR) is 83.3 cm³/mol. The van der Waals surface area contributed by atoms with Gasteiger partial charge in [-0.15, -0.1) is 4.40 Å². The Morgan fingerprint density at radius 3 is 2.68 bits per heavy atom. The molecule has 1 aromatic carbocycles. The fraction of sp³-hybridized carbons (Fsp3) is 0.286. The maximum atomic E-state index is 12.2. The number of morpholine rings is 1. The molecular formula is C14H17N3O4S. The molecule has 1 heterocycles. The van der Waals surface area contributed by atoms with Crippen LogP contribution < -0.4 is 5.14 Å². The molecule has 0 aromatic heterocycles. The van der Waals surface area contributed by atoms with Gasteiger partial charge in [0.15, 0.2) is 5.84 Å². The molecule has 2 N–H and O–H groups in total. The SMILES string of the molecule is Cc1ccc(/C=C/C(=O)N2CCOC/C2=N\S(N)(=O)=O)cc1. The Bertz CT molecular complexity index is 708. The van der Waals surface area contributed by atoms with Gasteiger partial charge in [0.05, 0.1) is 13.2 Å². The van der Waals surface area contributed by atoms with Crippen LogP contribution in [0.2, 0.25) is 0 Å². The minimum atomic E-state index is -4.07. The number of carbonyl (C=O) groups excluding carboxylic acids is 1. The minimum Gasteiger partial charge on any atom is -0.372 e. The quantitative estimate of drug-likeness (QED) is 0.817. The molecule has 1 aliphatic rings. The lowest BCUT2D eigenvalue weighted by Gasteiger charge is -2.26. The van der Waals surface area contributed by atoms with Gasteiger partial charge >= 0.3 is 10.2 Å². The fourth-order valence-electron chi connectivity index (χ4n) is 1.92. The van der Waals surface area contributed by atoms with Crippen LogP contribution in [0.5, 0.6) is 0 Å². The average molecular weight is 323 g/mol.